The van der Waals surface area contributed by atoms with Gasteiger partial charge in [-0.05, 0) is 38.5 Å². The number of hydrogen-bond acceptors (Lipinski definition) is 12. The minimum Gasteiger partial charge on any atom is -0.462 e. The highest BCUT2D eigenvalue weighted by atomic mass is 31.2. The second-order valence-electron chi connectivity index (χ2n) is 14.1. The Kier molecular flexibility index (Phi) is 27.9. The molecule has 0 aromatic heterocycles. The minimum atomic E-state index is -5.10. The lowest BCUT2D eigenvalue weighted by molar-refractivity contribution is -0.220. The van der Waals surface area contributed by atoms with Crippen LogP contribution in [-0.4, -0.2) is 98.3 Å². The summed E-state index contributed by atoms with van der Waals surface area (Å²) in [6.45, 7) is 3.19. The number of rotatable bonds is 32. The summed E-state index contributed by atoms with van der Waals surface area (Å²) in [6.07, 6.45) is 14.7. The molecule has 52 heavy (non-hydrogen) atoms. The zero-order valence-corrected chi connectivity index (χ0v) is 32.8. The van der Waals surface area contributed by atoms with Gasteiger partial charge in [0.2, 0.25) is 0 Å². The van der Waals surface area contributed by atoms with E-state index in [-0.39, 0.29) is 12.8 Å². The van der Waals surface area contributed by atoms with Crippen molar-refractivity contribution in [3.8, 4) is 0 Å². The van der Waals surface area contributed by atoms with E-state index in [1.165, 1.54) is 57.8 Å². The van der Waals surface area contributed by atoms with Crippen molar-refractivity contribution in [2.75, 3.05) is 13.2 Å². The molecule has 0 aromatic rings. The van der Waals surface area contributed by atoms with Crippen LogP contribution in [-0.2, 0) is 32.7 Å². The van der Waals surface area contributed by atoms with Gasteiger partial charge in [0.05, 0.1) is 6.61 Å². The third kappa shape index (κ3) is 22.7. The molecule has 1 rings (SSSR count). The van der Waals surface area contributed by atoms with Gasteiger partial charge in [-0.1, -0.05) is 122 Å². The molecule has 0 heterocycles. The fraction of sp³-hybridized carbons (Fsp3) is 0.895. The first-order chi connectivity index (χ1) is 24.9. The summed E-state index contributed by atoms with van der Waals surface area (Å²) in [5, 5.41) is 49.8. The van der Waals surface area contributed by atoms with Crippen LogP contribution in [0.3, 0.4) is 0 Å². The average molecular weight is 767 g/mol. The maximum absolute atomic E-state index is 12.7. The van der Waals surface area contributed by atoms with E-state index in [9.17, 15) is 44.6 Å². The van der Waals surface area contributed by atoms with E-state index in [2.05, 4.69) is 26.0 Å². The van der Waals surface area contributed by atoms with Gasteiger partial charge in [0.25, 0.3) is 0 Å². The van der Waals surface area contributed by atoms with Crippen LogP contribution in [0.25, 0.3) is 0 Å². The summed E-state index contributed by atoms with van der Waals surface area (Å²) < 4.78 is 33.2. The normalized spacial score (nSPS) is 23.8. The summed E-state index contributed by atoms with van der Waals surface area (Å²) in [5.74, 6) is -1.11. The maximum atomic E-state index is 12.7. The van der Waals surface area contributed by atoms with E-state index in [0.29, 0.717) is 12.8 Å². The first kappa shape index (κ1) is 48.6. The Morgan fingerprint density at radius 3 is 1.46 bits per heavy atom. The number of esters is 2. The van der Waals surface area contributed by atoms with Crippen molar-refractivity contribution in [1.82, 2.24) is 0 Å². The van der Waals surface area contributed by atoms with E-state index in [1.54, 1.807) is 0 Å². The Hall–Kier alpha value is -1.41. The standard InChI is InChI=1S/C38H71O13P/c1-3-5-7-9-11-12-13-14-15-16-17-18-19-20-21-23-25-27-32(40)50-30(28-48-31(39)26-24-22-10-8-6-4-2)29-49-52(46,47)51-38-36(44)34(42)33(41)35(43)37(38)45/h14-15,30,33-38,41-45H,3-13,16-29H2,1-2H3,(H,46,47)/b15-14-. The first-order valence-corrected chi connectivity index (χ1v) is 21.5. The second-order valence-corrected chi connectivity index (χ2v) is 15.5. The molecule has 0 bridgehead atoms. The molecule has 1 aliphatic carbocycles. The Bertz CT molecular complexity index is 980. The number of phosphoric acid groups is 1. The van der Waals surface area contributed by atoms with Gasteiger partial charge in [-0.15, -0.1) is 0 Å². The van der Waals surface area contributed by atoms with E-state index < -0.39 is 75.7 Å². The number of ether oxygens (including phenoxy) is 2. The van der Waals surface area contributed by atoms with Crippen LogP contribution in [0.1, 0.15) is 162 Å². The number of allylic oxidation sites excluding steroid dienone is 2. The number of carbonyl (C=O) groups excluding carboxylic acids is 2. The fourth-order valence-corrected chi connectivity index (χ4v) is 7.02. The molecule has 13 nitrogen and oxygen atoms in total. The van der Waals surface area contributed by atoms with Gasteiger partial charge < -0.3 is 39.9 Å². The number of aliphatic hydroxyl groups excluding tert-OH is 5. The molecule has 0 saturated heterocycles. The predicted octanol–water partition coefficient (Wildman–Crippen LogP) is 6.33. The van der Waals surface area contributed by atoms with E-state index in [1.807, 2.05) is 0 Å². The Morgan fingerprint density at radius 1 is 0.577 bits per heavy atom. The largest absolute Gasteiger partial charge is 0.472 e. The molecule has 0 aliphatic heterocycles. The smallest absolute Gasteiger partial charge is 0.462 e. The van der Waals surface area contributed by atoms with Gasteiger partial charge in [0.15, 0.2) is 6.10 Å². The fourth-order valence-electron chi connectivity index (χ4n) is 6.05. The summed E-state index contributed by atoms with van der Waals surface area (Å²) in [4.78, 5) is 35.3. The Balaban J connectivity index is 2.46. The van der Waals surface area contributed by atoms with Crippen LogP contribution in [0.2, 0.25) is 0 Å². The summed E-state index contributed by atoms with van der Waals surface area (Å²) in [7, 11) is -5.10. The van der Waals surface area contributed by atoms with Gasteiger partial charge in [0.1, 0.15) is 43.2 Å². The molecule has 6 atom stereocenters. The lowest BCUT2D eigenvalue weighted by Crippen LogP contribution is -2.64. The van der Waals surface area contributed by atoms with Crippen LogP contribution in [0, 0.1) is 0 Å². The van der Waals surface area contributed by atoms with Crippen molar-refractivity contribution >= 4 is 19.8 Å². The SMILES string of the molecule is CCCCCCCC/C=C\CCCCCCCCCC(=O)OC(COC(=O)CCCCCCCC)COP(=O)(O)OC1C(O)C(O)C(O)C(O)C1O. The lowest BCUT2D eigenvalue weighted by atomic mass is 9.85. The van der Waals surface area contributed by atoms with Crippen molar-refractivity contribution in [3.05, 3.63) is 12.2 Å². The van der Waals surface area contributed by atoms with Gasteiger partial charge in [-0.2, -0.15) is 0 Å². The van der Waals surface area contributed by atoms with Crippen molar-refractivity contribution in [2.24, 2.45) is 0 Å². The molecule has 306 valence electrons. The van der Waals surface area contributed by atoms with Gasteiger partial charge in [-0.25, -0.2) is 4.57 Å². The van der Waals surface area contributed by atoms with E-state index >= 15 is 0 Å². The highest BCUT2D eigenvalue weighted by Gasteiger charge is 2.51. The number of hydrogen-bond donors (Lipinski definition) is 6. The van der Waals surface area contributed by atoms with Crippen LogP contribution < -0.4 is 0 Å². The molecule has 0 spiro atoms. The quantitative estimate of drug-likeness (QED) is 0.0192. The molecule has 1 fully saturated rings. The summed E-state index contributed by atoms with van der Waals surface area (Å²) >= 11 is 0. The van der Waals surface area contributed by atoms with Gasteiger partial charge in [0, 0.05) is 12.8 Å². The highest BCUT2D eigenvalue weighted by molar-refractivity contribution is 7.47. The zero-order valence-electron chi connectivity index (χ0n) is 31.9. The Morgan fingerprint density at radius 2 is 0.981 bits per heavy atom. The molecule has 1 aliphatic rings. The molecule has 6 unspecified atom stereocenters. The third-order valence-corrected chi connectivity index (χ3v) is 10.3. The highest BCUT2D eigenvalue weighted by Crippen LogP contribution is 2.47. The molecular weight excluding hydrogens is 695 g/mol. The van der Waals surface area contributed by atoms with Crippen LogP contribution >= 0.6 is 7.82 Å². The van der Waals surface area contributed by atoms with Crippen molar-refractivity contribution in [3.63, 3.8) is 0 Å². The van der Waals surface area contributed by atoms with Gasteiger partial charge >= 0.3 is 19.8 Å². The van der Waals surface area contributed by atoms with Crippen molar-refractivity contribution in [2.45, 2.75) is 204 Å². The lowest BCUT2D eigenvalue weighted by Gasteiger charge is -2.41. The first-order valence-electron chi connectivity index (χ1n) is 20.0. The number of aliphatic hydroxyl groups is 5. The molecule has 0 aromatic carbocycles. The molecule has 6 N–H and O–H groups in total. The van der Waals surface area contributed by atoms with Crippen molar-refractivity contribution < 1.29 is 63.1 Å². The van der Waals surface area contributed by atoms with Gasteiger partial charge in [-0.3, -0.25) is 18.6 Å². The van der Waals surface area contributed by atoms with E-state index in [4.69, 9.17) is 18.5 Å². The summed E-state index contributed by atoms with van der Waals surface area (Å²) in [5.41, 5.74) is 0. The second kappa shape index (κ2) is 29.9. The molecule has 1 saturated carbocycles. The van der Waals surface area contributed by atoms with Crippen LogP contribution in [0.4, 0.5) is 0 Å². The third-order valence-electron chi connectivity index (χ3n) is 9.36. The number of carbonyl (C=O) groups is 2. The Labute approximate surface area is 312 Å². The van der Waals surface area contributed by atoms with E-state index in [0.717, 1.165) is 64.2 Å². The number of unbranched alkanes of at least 4 members (excludes halogenated alkanes) is 18. The van der Waals surface area contributed by atoms with Crippen molar-refractivity contribution in [1.29, 1.82) is 0 Å². The zero-order chi connectivity index (χ0) is 38.6. The molecular formula is C38H71O13P. The maximum Gasteiger partial charge on any atom is 0.472 e. The predicted molar refractivity (Wildman–Crippen MR) is 198 cm³/mol. The molecule has 0 radical (unpaired) electrons. The molecule has 0 amide bonds. The monoisotopic (exact) mass is 766 g/mol. The molecule has 14 heteroatoms. The van der Waals surface area contributed by atoms with Crippen LogP contribution in [0.5, 0.6) is 0 Å². The number of phosphoric ester groups is 1. The minimum absolute atomic E-state index is 0.0947. The topological polar surface area (TPSA) is 210 Å². The van der Waals surface area contributed by atoms with Crippen LogP contribution in [0.15, 0.2) is 12.2 Å². The summed E-state index contributed by atoms with van der Waals surface area (Å²) in [6, 6.07) is 0. The average Bonchev–Trinajstić information content (AvgIpc) is 3.12.